The van der Waals surface area contributed by atoms with Crippen LogP contribution >= 0.6 is 0 Å². The summed E-state index contributed by atoms with van der Waals surface area (Å²) in [5, 5.41) is 10.8. The molecule has 0 unspecified atom stereocenters. The van der Waals surface area contributed by atoms with Gasteiger partial charge in [0, 0.05) is 32.2 Å². The zero-order valence-corrected chi connectivity index (χ0v) is 10.1. The summed E-state index contributed by atoms with van der Waals surface area (Å²) in [6.45, 7) is 8.69. The monoisotopic (exact) mass is 229 g/mol. The lowest BCUT2D eigenvalue weighted by molar-refractivity contribution is -0.267. The molecule has 0 N–H and O–H groups in total. The SMILES string of the molecule is CC(C)N(CCCN1CCOCC1)C(=O)[O-]. The first-order valence-corrected chi connectivity index (χ1v) is 5.89. The molecule has 0 aliphatic carbocycles. The van der Waals surface area contributed by atoms with Crippen LogP contribution in [-0.2, 0) is 4.74 Å². The molecule has 1 rings (SSSR count). The molecule has 1 amide bonds. The van der Waals surface area contributed by atoms with E-state index in [1.807, 2.05) is 13.8 Å². The first-order chi connectivity index (χ1) is 7.61. The van der Waals surface area contributed by atoms with E-state index in [1.165, 1.54) is 4.90 Å². The van der Waals surface area contributed by atoms with E-state index in [0.717, 1.165) is 39.3 Å². The van der Waals surface area contributed by atoms with E-state index in [1.54, 1.807) is 0 Å². The van der Waals surface area contributed by atoms with Crippen LogP contribution in [0.15, 0.2) is 0 Å². The fourth-order valence-electron chi connectivity index (χ4n) is 1.85. The van der Waals surface area contributed by atoms with Gasteiger partial charge in [0.25, 0.3) is 0 Å². The summed E-state index contributed by atoms with van der Waals surface area (Å²) in [7, 11) is 0. The lowest BCUT2D eigenvalue weighted by Gasteiger charge is -2.31. The normalized spacial score (nSPS) is 17.7. The third kappa shape index (κ3) is 4.37. The summed E-state index contributed by atoms with van der Waals surface area (Å²) >= 11 is 0. The third-order valence-corrected chi connectivity index (χ3v) is 2.83. The van der Waals surface area contributed by atoms with Crippen molar-refractivity contribution in [3.63, 3.8) is 0 Å². The minimum Gasteiger partial charge on any atom is -0.530 e. The first-order valence-electron chi connectivity index (χ1n) is 5.89. The van der Waals surface area contributed by atoms with Crippen molar-refractivity contribution in [3.8, 4) is 0 Å². The minimum absolute atomic E-state index is 0.00492. The quantitative estimate of drug-likeness (QED) is 0.653. The Labute approximate surface area is 97.0 Å². The van der Waals surface area contributed by atoms with E-state index < -0.39 is 6.09 Å². The zero-order chi connectivity index (χ0) is 12.0. The van der Waals surface area contributed by atoms with Crippen LogP contribution in [0, 0.1) is 0 Å². The summed E-state index contributed by atoms with van der Waals surface area (Å²) < 4.78 is 5.25. The molecule has 1 aliphatic rings. The van der Waals surface area contributed by atoms with Gasteiger partial charge in [0.1, 0.15) is 6.09 Å². The number of nitrogens with zero attached hydrogens (tertiary/aromatic N) is 2. The fourth-order valence-corrected chi connectivity index (χ4v) is 1.85. The number of carbonyl (C=O) groups excluding carboxylic acids is 1. The number of carboxylic acid groups (broad SMARTS) is 1. The van der Waals surface area contributed by atoms with Crippen LogP contribution in [0.2, 0.25) is 0 Å². The fraction of sp³-hybridized carbons (Fsp3) is 0.909. The van der Waals surface area contributed by atoms with Crippen LogP contribution in [0.25, 0.3) is 0 Å². The lowest BCUT2D eigenvalue weighted by atomic mass is 10.3. The van der Waals surface area contributed by atoms with Crippen molar-refractivity contribution in [2.45, 2.75) is 26.3 Å². The average Bonchev–Trinajstić information content (AvgIpc) is 2.24. The van der Waals surface area contributed by atoms with Crippen molar-refractivity contribution in [2.75, 3.05) is 39.4 Å². The summed E-state index contributed by atoms with van der Waals surface area (Å²) in [6.07, 6.45) is -0.219. The van der Waals surface area contributed by atoms with E-state index in [4.69, 9.17) is 4.74 Å². The number of hydrogen-bond acceptors (Lipinski definition) is 4. The van der Waals surface area contributed by atoms with Crippen molar-refractivity contribution >= 4 is 6.09 Å². The minimum atomic E-state index is -1.07. The second-order valence-electron chi connectivity index (χ2n) is 4.36. The van der Waals surface area contributed by atoms with Crippen LogP contribution < -0.4 is 5.11 Å². The summed E-state index contributed by atoms with van der Waals surface area (Å²) in [5.74, 6) is 0. The van der Waals surface area contributed by atoms with Crippen LogP contribution in [0.3, 0.4) is 0 Å². The van der Waals surface area contributed by atoms with E-state index in [9.17, 15) is 9.90 Å². The molecule has 1 fully saturated rings. The molecule has 1 saturated heterocycles. The number of hydrogen-bond donors (Lipinski definition) is 0. The largest absolute Gasteiger partial charge is 0.530 e. The first kappa shape index (κ1) is 13.3. The van der Waals surface area contributed by atoms with Crippen LogP contribution in [0.4, 0.5) is 4.79 Å². The van der Waals surface area contributed by atoms with Crippen LogP contribution in [0.5, 0.6) is 0 Å². The van der Waals surface area contributed by atoms with Gasteiger partial charge in [-0.2, -0.15) is 0 Å². The van der Waals surface area contributed by atoms with Crippen molar-refractivity contribution in [2.24, 2.45) is 0 Å². The Morgan fingerprint density at radius 1 is 1.44 bits per heavy atom. The molecule has 0 atom stereocenters. The molecule has 1 aliphatic heterocycles. The smallest absolute Gasteiger partial charge is 0.137 e. The number of morpholine rings is 1. The van der Waals surface area contributed by atoms with Crippen LogP contribution in [0.1, 0.15) is 20.3 Å². The third-order valence-electron chi connectivity index (χ3n) is 2.83. The molecule has 16 heavy (non-hydrogen) atoms. The van der Waals surface area contributed by atoms with Crippen LogP contribution in [-0.4, -0.2) is 61.3 Å². The number of ether oxygens (including phenoxy) is 1. The van der Waals surface area contributed by atoms with E-state index in [0.29, 0.717) is 6.54 Å². The summed E-state index contributed by atoms with van der Waals surface area (Å²) in [5.41, 5.74) is 0. The molecule has 5 nitrogen and oxygen atoms in total. The number of amides is 1. The molecule has 0 radical (unpaired) electrons. The maximum Gasteiger partial charge on any atom is 0.137 e. The molecule has 5 heteroatoms. The Kier molecular flexibility index (Phi) is 5.55. The van der Waals surface area contributed by atoms with Gasteiger partial charge < -0.3 is 19.5 Å². The van der Waals surface area contributed by atoms with E-state index in [2.05, 4.69) is 4.90 Å². The van der Waals surface area contributed by atoms with Crippen molar-refractivity contribution < 1.29 is 14.6 Å². The molecule has 0 bridgehead atoms. The van der Waals surface area contributed by atoms with Crippen molar-refractivity contribution in [1.29, 1.82) is 0 Å². The van der Waals surface area contributed by atoms with E-state index in [-0.39, 0.29) is 6.04 Å². The van der Waals surface area contributed by atoms with Gasteiger partial charge in [0.05, 0.1) is 13.2 Å². The molecule has 94 valence electrons. The maximum absolute atomic E-state index is 10.8. The van der Waals surface area contributed by atoms with Gasteiger partial charge in [-0.05, 0) is 20.3 Å². The standard InChI is InChI=1S/C11H22N2O3/c1-10(2)13(11(14)15)5-3-4-12-6-8-16-9-7-12/h10H,3-9H2,1-2H3,(H,14,15)/p-1. The lowest BCUT2D eigenvalue weighted by Crippen LogP contribution is -2.46. The zero-order valence-electron chi connectivity index (χ0n) is 10.1. The highest BCUT2D eigenvalue weighted by Crippen LogP contribution is 2.02. The highest BCUT2D eigenvalue weighted by atomic mass is 16.5. The molecule has 0 spiro atoms. The van der Waals surface area contributed by atoms with Crippen molar-refractivity contribution in [3.05, 3.63) is 0 Å². The molecule has 0 saturated carbocycles. The molecule has 0 aromatic rings. The molecule has 0 aromatic carbocycles. The highest BCUT2D eigenvalue weighted by molar-refractivity contribution is 5.62. The maximum atomic E-state index is 10.8. The Hall–Kier alpha value is -0.810. The number of carbonyl (C=O) groups is 1. The van der Waals surface area contributed by atoms with E-state index >= 15 is 0 Å². The van der Waals surface area contributed by atoms with Gasteiger partial charge in [0.15, 0.2) is 0 Å². The predicted molar refractivity (Wildman–Crippen MR) is 59.1 cm³/mol. The van der Waals surface area contributed by atoms with Gasteiger partial charge in [-0.1, -0.05) is 0 Å². The Bertz CT molecular complexity index is 215. The molecule has 1 heterocycles. The van der Waals surface area contributed by atoms with Gasteiger partial charge in [-0.15, -0.1) is 0 Å². The predicted octanol–water partition coefficient (Wildman–Crippen LogP) is -0.238. The van der Waals surface area contributed by atoms with Gasteiger partial charge >= 0.3 is 0 Å². The molecular weight excluding hydrogens is 208 g/mol. The second-order valence-corrected chi connectivity index (χ2v) is 4.36. The second kappa shape index (κ2) is 6.70. The summed E-state index contributed by atoms with van der Waals surface area (Å²) in [6, 6.07) is -0.00492. The topological polar surface area (TPSA) is 55.8 Å². The Morgan fingerprint density at radius 2 is 2.06 bits per heavy atom. The van der Waals surface area contributed by atoms with Gasteiger partial charge in [0.2, 0.25) is 0 Å². The molecule has 0 aromatic heterocycles. The van der Waals surface area contributed by atoms with Gasteiger partial charge in [-0.3, -0.25) is 4.90 Å². The Morgan fingerprint density at radius 3 is 2.56 bits per heavy atom. The van der Waals surface area contributed by atoms with Crippen molar-refractivity contribution in [1.82, 2.24) is 9.80 Å². The number of rotatable bonds is 5. The van der Waals surface area contributed by atoms with Gasteiger partial charge in [-0.25, -0.2) is 0 Å². The average molecular weight is 229 g/mol. The summed E-state index contributed by atoms with van der Waals surface area (Å²) in [4.78, 5) is 14.5. The highest BCUT2D eigenvalue weighted by Gasteiger charge is 2.12. The Balaban J connectivity index is 2.19. The molecular formula is C11H21N2O3-.